The summed E-state index contributed by atoms with van der Waals surface area (Å²) >= 11 is 0. The van der Waals surface area contributed by atoms with Crippen molar-refractivity contribution < 1.29 is 4.79 Å². The van der Waals surface area contributed by atoms with Gasteiger partial charge < -0.3 is 0 Å². The molecule has 0 spiro atoms. The second-order valence-corrected chi connectivity index (χ2v) is 4.19. The summed E-state index contributed by atoms with van der Waals surface area (Å²) in [6, 6.07) is 8.41. The molecule has 1 aromatic carbocycles. The highest BCUT2D eigenvalue weighted by Gasteiger charge is 2.14. The summed E-state index contributed by atoms with van der Waals surface area (Å²) in [4.78, 5) is 13.8. The third kappa shape index (κ3) is 3.34. The zero-order chi connectivity index (χ0) is 11.3. The van der Waals surface area contributed by atoms with E-state index in [1.165, 1.54) is 11.1 Å². The lowest BCUT2D eigenvalue weighted by Gasteiger charge is -2.18. The molecule has 0 N–H and O–H groups in total. The first-order chi connectivity index (χ1) is 7.15. The summed E-state index contributed by atoms with van der Waals surface area (Å²) in [5.74, 6) is 0.789. The monoisotopic (exact) mass is 203 g/mol. The Morgan fingerprint density at radius 1 is 1.27 bits per heavy atom. The van der Waals surface area contributed by atoms with E-state index in [-0.39, 0.29) is 0 Å². The first-order valence-electron chi connectivity index (χ1n) is 5.25. The van der Waals surface area contributed by atoms with Crippen LogP contribution in [0.1, 0.15) is 30.9 Å². The molecule has 0 aliphatic rings. The summed E-state index contributed by atoms with van der Waals surface area (Å²) in [5, 5.41) is 0. The number of benzene rings is 1. The van der Waals surface area contributed by atoms with Crippen LogP contribution in [0, 0.1) is 12.8 Å². The highest BCUT2D eigenvalue weighted by Crippen LogP contribution is 2.24. The van der Waals surface area contributed by atoms with Gasteiger partial charge in [-0.2, -0.15) is 0 Å². The molecule has 1 aromatic rings. The summed E-state index contributed by atoms with van der Waals surface area (Å²) in [6.07, 6.45) is 1.61. The highest BCUT2D eigenvalue weighted by molar-refractivity contribution is 5.34. The Kier molecular flexibility index (Phi) is 4.26. The van der Waals surface area contributed by atoms with Crippen LogP contribution in [0.15, 0.2) is 29.3 Å². The van der Waals surface area contributed by atoms with Crippen LogP contribution in [-0.2, 0) is 4.79 Å². The highest BCUT2D eigenvalue weighted by atomic mass is 16.1. The minimum atomic E-state index is 0.312. The number of carbonyl (C=O) groups excluding carboxylic acids is 1. The third-order valence-electron chi connectivity index (χ3n) is 2.66. The number of aryl methyl sites for hydroxylation is 1. The average Bonchev–Trinajstić information content (AvgIpc) is 2.21. The minimum absolute atomic E-state index is 0.312. The van der Waals surface area contributed by atoms with Crippen molar-refractivity contribution in [2.75, 3.05) is 6.54 Å². The van der Waals surface area contributed by atoms with Gasteiger partial charge in [-0.15, -0.1) is 0 Å². The number of rotatable bonds is 4. The van der Waals surface area contributed by atoms with Crippen LogP contribution in [0.4, 0.5) is 0 Å². The van der Waals surface area contributed by atoms with E-state index in [0.29, 0.717) is 18.4 Å². The van der Waals surface area contributed by atoms with Gasteiger partial charge in [-0.1, -0.05) is 43.7 Å². The number of nitrogens with zero attached hydrogens (tertiary/aromatic N) is 1. The first kappa shape index (κ1) is 11.7. The smallest absolute Gasteiger partial charge is 0.211 e. The van der Waals surface area contributed by atoms with E-state index < -0.39 is 0 Å². The molecule has 0 aliphatic carbocycles. The fraction of sp³-hybridized carbons (Fsp3) is 0.462. The second-order valence-electron chi connectivity index (χ2n) is 4.19. The Labute approximate surface area is 91.0 Å². The molecular weight excluding hydrogens is 186 g/mol. The Morgan fingerprint density at radius 3 is 2.33 bits per heavy atom. The molecule has 0 bridgehead atoms. The second kappa shape index (κ2) is 5.47. The molecule has 2 nitrogen and oxygen atoms in total. The van der Waals surface area contributed by atoms with Crippen molar-refractivity contribution in [3.63, 3.8) is 0 Å². The van der Waals surface area contributed by atoms with E-state index in [1.807, 2.05) is 0 Å². The number of hydrogen-bond acceptors (Lipinski definition) is 2. The minimum Gasteiger partial charge on any atom is -0.211 e. The Bertz CT molecular complexity index is 347. The number of isocyanates is 1. The van der Waals surface area contributed by atoms with Gasteiger partial charge in [0.05, 0.1) is 6.54 Å². The largest absolute Gasteiger partial charge is 0.234 e. The van der Waals surface area contributed by atoms with Gasteiger partial charge in [0.15, 0.2) is 0 Å². The summed E-state index contributed by atoms with van der Waals surface area (Å²) < 4.78 is 0. The van der Waals surface area contributed by atoms with E-state index >= 15 is 0 Å². The van der Waals surface area contributed by atoms with E-state index in [1.54, 1.807) is 6.08 Å². The Morgan fingerprint density at radius 2 is 1.87 bits per heavy atom. The van der Waals surface area contributed by atoms with Crippen LogP contribution in [0.2, 0.25) is 0 Å². The normalized spacial score (nSPS) is 12.3. The SMILES string of the molecule is Cc1ccc(C(CN=C=O)C(C)C)cc1. The maximum Gasteiger partial charge on any atom is 0.234 e. The van der Waals surface area contributed by atoms with Crippen molar-refractivity contribution in [1.29, 1.82) is 0 Å². The van der Waals surface area contributed by atoms with Crippen molar-refractivity contribution in [3.8, 4) is 0 Å². The Balaban J connectivity index is 2.88. The van der Waals surface area contributed by atoms with Crippen molar-refractivity contribution in [1.82, 2.24) is 0 Å². The molecule has 0 saturated heterocycles. The van der Waals surface area contributed by atoms with Gasteiger partial charge in [-0.3, -0.25) is 0 Å². The van der Waals surface area contributed by atoms with Crippen LogP contribution in [-0.4, -0.2) is 12.6 Å². The molecule has 0 radical (unpaired) electrons. The molecular formula is C13H17NO. The van der Waals surface area contributed by atoms with Gasteiger partial charge in [-0.05, 0) is 18.4 Å². The summed E-state index contributed by atoms with van der Waals surface area (Å²) in [5.41, 5.74) is 2.50. The van der Waals surface area contributed by atoms with Crippen molar-refractivity contribution >= 4 is 6.08 Å². The maximum atomic E-state index is 10.1. The maximum absolute atomic E-state index is 10.1. The first-order valence-corrected chi connectivity index (χ1v) is 5.25. The third-order valence-corrected chi connectivity index (χ3v) is 2.66. The topological polar surface area (TPSA) is 29.4 Å². The molecule has 2 heteroatoms. The van der Waals surface area contributed by atoms with E-state index in [2.05, 4.69) is 50.0 Å². The molecule has 0 aliphatic heterocycles. The molecule has 0 amide bonds. The van der Waals surface area contributed by atoms with Crippen molar-refractivity contribution in [3.05, 3.63) is 35.4 Å². The molecule has 1 unspecified atom stereocenters. The van der Waals surface area contributed by atoms with Crippen LogP contribution in [0.25, 0.3) is 0 Å². The summed E-state index contributed by atoms with van der Waals surface area (Å²) in [7, 11) is 0. The van der Waals surface area contributed by atoms with E-state index in [0.717, 1.165) is 0 Å². The van der Waals surface area contributed by atoms with Crippen LogP contribution in [0.3, 0.4) is 0 Å². The molecule has 1 atom stereocenters. The van der Waals surface area contributed by atoms with Gasteiger partial charge in [0.25, 0.3) is 0 Å². The predicted molar refractivity (Wildman–Crippen MR) is 61.7 cm³/mol. The van der Waals surface area contributed by atoms with Crippen LogP contribution >= 0.6 is 0 Å². The van der Waals surface area contributed by atoms with E-state index in [9.17, 15) is 4.79 Å². The van der Waals surface area contributed by atoms with Crippen LogP contribution < -0.4 is 0 Å². The van der Waals surface area contributed by atoms with Gasteiger partial charge >= 0.3 is 0 Å². The van der Waals surface area contributed by atoms with E-state index in [4.69, 9.17) is 0 Å². The Hall–Kier alpha value is -1.40. The lowest BCUT2D eigenvalue weighted by molar-refractivity contribution is 0.502. The molecule has 0 fully saturated rings. The molecule has 0 heterocycles. The molecule has 0 aromatic heterocycles. The predicted octanol–water partition coefficient (Wildman–Crippen LogP) is 3.07. The average molecular weight is 203 g/mol. The standard InChI is InChI=1S/C13H17NO/c1-10(2)13(8-14-9-15)12-6-4-11(3)5-7-12/h4-7,10,13H,8H2,1-3H3. The van der Waals surface area contributed by atoms with Gasteiger partial charge in [0.1, 0.15) is 0 Å². The molecule has 80 valence electrons. The zero-order valence-corrected chi connectivity index (χ0v) is 9.53. The zero-order valence-electron chi connectivity index (χ0n) is 9.53. The lowest BCUT2D eigenvalue weighted by Crippen LogP contribution is -2.10. The fourth-order valence-electron chi connectivity index (χ4n) is 1.65. The van der Waals surface area contributed by atoms with Crippen molar-refractivity contribution in [2.24, 2.45) is 10.9 Å². The molecule has 1 rings (SSSR count). The lowest BCUT2D eigenvalue weighted by atomic mass is 9.88. The number of aliphatic imine (C=N–C) groups is 1. The van der Waals surface area contributed by atoms with Gasteiger partial charge in [0.2, 0.25) is 6.08 Å². The van der Waals surface area contributed by atoms with Crippen LogP contribution in [0.5, 0.6) is 0 Å². The molecule has 15 heavy (non-hydrogen) atoms. The fourth-order valence-corrected chi connectivity index (χ4v) is 1.65. The quantitative estimate of drug-likeness (QED) is 0.546. The molecule has 0 saturated carbocycles. The number of hydrogen-bond donors (Lipinski definition) is 0. The van der Waals surface area contributed by atoms with Gasteiger partial charge in [0, 0.05) is 5.92 Å². The van der Waals surface area contributed by atoms with Gasteiger partial charge in [-0.25, -0.2) is 9.79 Å². The van der Waals surface area contributed by atoms with Crippen molar-refractivity contribution in [2.45, 2.75) is 26.7 Å². The summed E-state index contributed by atoms with van der Waals surface area (Å²) in [6.45, 7) is 6.89.